The van der Waals surface area contributed by atoms with Gasteiger partial charge >= 0.3 is 6.09 Å². The van der Waals surface area contributed by atoms with Crippen LogP contribution in [-0.2, 0) is 30.2 Å². The molecule has 0 aliphatic heterocycles. The van der Waals surface area contributed by atoms with Crippen LogP contribution in [0.25, 0.3) is 21.2 Å². The van der Waals surface area contributed by atoms with Gasteiger partial charge in [0.05, 0.1) is 68.0 Å². The van der Waals surface area contributed by atoms with Gasteiger partial charge in [-0.05, 0) is 60.8 Å². The van der Waals surface area contributed by atoms with Crippen molar-refractivity contribution in [3.63, 3.8) is 0 Å². The predicted molar refractivity (Wildman–Crippen MR) is 222 cm³/mol. The number of fused-ring (bicyclic) bond motifs is 1. The Morgan fingerprint density at radius 3 is 2.04 bits per heavy atom. The zero-order valence-corrected chi connectivity index (χ0v) is 35.0. The van der Waals surface area contributed by atoms with Crippen molar-refractivity contribution in [3.8, 4) is 11.1 Å². The number of hydrogen-bond acceptors (Lipinski definition) is 10. The summed E-state index contributed by atoms with van der Waals surface area (Å²) in [7, 11) is 3.39. The van der Waals surface area contributed by atoms with Gasteiger partial charge < -0.3 is 39.2 Å². The summed E-state index contributed by atoms with van der Waals surface area (Å²) in [6, 6.07) is 14.1. The topological polar surface area (TPSA) is 120 Å². The molecule has 5 rings (SSSR count). The molecule has 0 unspecified atom stereocenters. The van der Waals surface area contributed by atoms with E-state index in [0.29, 0.717) is 59.4 Å². The second-order valence-electron chi connectivity index (χ2n) is 12.6. The number of pyridine rings is 1. The first-order valence-corrected chi connectivity index (χ1v) is 20.7. The number of amides is 2. The van der Waals surface area contributed by atoms with E-state index >= 15 is 0 Å². The summed E-state index contributed by atoms with van der Waals surface area (Å²) in [6.07, 6.45) is 8.14. The monoisotopic (exact) mass is 834 g/mol. The van der Waals surface area contributed by atoms with Crippen LogP contribution in [0.1, 0.15) is 61.2 Å². The fourth-order valence-electron chi connectivity index (χ4n) is 5.91. The fourth-order valence-corrected chi connectivity index (χ4v) is 7.41. The average molecular weight is 835 g/mol. The van der Waals surface area contributed by atoms with Crippen molar-refractivity contribution in [3.05, 3.63) is 88.0 Å². The van der Waals surface area contributed by atoms with Gasteiger partial charge in [-0.2, -0.15) is 0 Å². The van der Waals surface area contributed by atoms with Crippen LogP contribution in [0.5, 0.6) is 0 Å². The van der Waals surface area contributed by atoms with Crippen LogP contribution >= 0.6 is 22.9 Å². The third-order valence-electron chi connectivity index (χ3n) is 8.70. The fraction of sp³-hybridized carbons (Fsp3) is 0.500. The molecule has 11 nitrogen and oxygen atoms in total. The first kappa shape index (κ1) is 47.6. The maximum absolute atomic E-state index is 14.4. The molecule has 15 heteroatoms. The van der Waals surface area contributed by atoms with E-state index in [4.69, 9.17) is 35.3 Å². The number of likely N-dealkylation sites (N-methyl/N-ethyl adjacent to an activating group) is 1. The molecule has 57 heavy (non-hydrogen) atoms. The van der Waals surface area contributed by atoms with Gasteiger partial charge in [0.15, 0.2) is 0 Å². The van der Waals surface area contributed by atoms with Crippen LogP contribution < -0.4 is 10.6 Å². The van der Waals surface area contributed by atoms with E-state index in [1.165, 1.54) is 7.05 Å². The quantitative estimate of drug-likeness (QED) is 0.0845. The Balaban J connectivity index is 0.000000328. The van der Waals surface area contributed by atoms with Gasteiger partial charge in [0.1, 0.15) is 23.1 Å². The summed E-state index contributed by atoms with van der Waals surface area (Å²) < 4.78 is 54.8. The van der Waals surface area contributed by atoms with E-state index in [-0.39, 0.29) is 38.5 Å². The standard InChI is InChI=1S/C27H23ClF2N2OS.C13H28N2O6.C2H6/c28-24-23-21(29)11-12-22(30)25(23)34-26(24)27(33)32(20-9-2-1-3-10-20)16-17-6-4-7-18(14-17)19-8-5-13-31-15-19;1-14-3-4-17-5-6-18-7-8-19-9-10-20-11-12-21-13(16)15-2;1-2/h4-8,11-15,20H,1-3,9-10,16H2;14H,3-12H2,1-2H3,(H,15,16);1-2H3. The smallest absolute Gasteiger partial charge is 0.406 e. The molecule has 2 amide bonds. The molecule has 0 spiro atoms. The molecule has 2 aromatic carbocycles. The lowest BCUT2D eigenvalue weighted by atomic mass is 9.93. The lowest BCUT2D eigenvalue weighted by molar-refractivity contribution is -0.00608. The van der Waals surface area contributed by atoms with Gasteiger partial charge in [0.2, 0.25) is 0 Å². The molecular weight excluding hydrogens is 778 g/mol. The Morgan fingerprint density at radius 1 is 0.825 bits per heavy atom. The highest BCUT2D eigenvalue weighted by Crippen LogP contribution is 2.40. The van der Waals surface area contributed by atoms with Gasteiger partial charge in [0.25, 0.3) is 5.91 Å². The summed E-state index contributed by atoms with van der Waals surface area (Å²) in [5.74, 6) is -1.47. The molecule has 2 heterocycles. The van der Waals surface area contributed by atoms with E-state index in [0.717, 1.165) is 78.8 Å². The number of rotatable bonds is 20. The zero-order chi connectivity index (χ0) is 41.3. The Labute approximate surface area is 344 Å². The molecule has 4 aromatic rings. The van der Waals surface area contributed by atoms with Crippen molar-refractivity contribution < 1.29 is 42.1 Å². The van der Waals surface area contributed by atoms with E-state index in [1.54, 1.807) is 6.20 Å². The highest BCUT2D eigenvalue weighted by molar-refractivity contribution is 7.21. The molecule has 0 bridgehead atoms. The first-order chi connectivity index (χ1) is 27.8. The summed E-state index contributed by atoms with van der Waals surface area (Å²) >= 11 is 7.40. The van der Waals surface area contributed by atoms with Crippen LogP contribution in [0, 0.1) is 11.6 Å². The minimum Gasteiger partial charge on any atom is -0.447 e. The van der Waals surface area contributed by atoms with Crippen LogP contribution in [0.3, 0.4) is 0 Å². The molecule has 0 atom stereocenters. The molecular formula is C42H57ClF2N4O7S. The summed E-state index contributed by atoms with van der Waals surface area (Å²) in [5.41, 5.74) is 3.00. The minimum absolute atomic E-state index is 0.00748. The number of alkyl carbamates (subject to hydrolysis) is 1. The molecule has 0 saturated heterocycles. The van der Waals surface area contributed by atoms with Crippen molar-refractivity contribution in [2.75, 3.05) is 80.1 Å². The summed E-state index contributed by atoms with van der Waals surface area (Å²) in [6.45, 7) is 9.70. The largest absolute Gasteiger partial charge is 0.447 e. The number of benzene rings is 2. The van der Waals surface area contributed by atoms with E-state index in [2.05, 4.69) is 21.7 Å². The molecule has 1 saturated carbocycles. The number of nitrogens with zero attached hydrogens (tertiary/aromatic N) is 2. The third-order valence-corrected chi connectivity index (χ3v) is 10.4. The molecule has 2 aromatic heterocycles. The highest BCUT2D eigenvalue weighted by atomic mass is 35.5. The molecule has 2 N–H and O–H groups in total. The van der Waals surface area contributed by atoms with E-state index in [1.807, 2.05) is 62.3 Å². The number of hydrogen-bond donors (Lipinski definition) is 2. The Hall–Kier alpha value is -3.76. The Kier molecular flexibility index (Phi) is 23.2. The first-order valence-electron chi connectivity index (χ1n) is 19.5. The second-order valence-corrected chi connectivity index (χ2v) is 14.0. The lowest BCUT2D eigenvalue weighted by Gasteiger charge is -2.34. The van der Waals surface area contributed by atoms with Gasteiger partial charge in [-0.1, -0.05) is 69.0 Å². The minimum atomic E-state index is -0.620. The third kappa shape index (κ3) is 16.2. The number of nitrogens with one attached hydrogen (secondary N) is 2. The highest BCUT2D eigenvalue weighted by Gasteiger charge is 2.31. The van der Waals surface area contributed by atoms with Crippen LogP contribution in [-0.4, -0.2) is 108 Å². The lowest BCUT2D eigenvalue weighted by Crippen LogP contribution is -2.40. The van der Waals surface area contributed by atoms with Gasteiger partial charge in [-0.15, -0.1) is 11.3 Å². The van der Waals surface area contributed by atoms with Crippen molar-refractivity contribution >= 4 is 45.0 Å². The van der Waals surface area contributed by atoms with Gasteiger partial charge in [-0.3, -0.25) is 9.78 Å². The molecule has 314 valence electrons. The van der Waals surface area contributed by atoms with Crippen LogP contribution in [0.15, 0.2) is 60.9 Å². The van der Waals surface area contributed by atoms with Crippen molar-refractivity contribution in [1.29, 1.82) is 0 Å². The normalized spacial score (nSPS) is 12.6. The SMILES string of the molecule is CC.CNCCOCCOCCOCCOCCOC(=O)NC.O=C(c1sc2c(F)ccc(F)c2c1Cl)N(Cc1cccc(-c2cccnc2)c1)C1CCCCC1. The summed E-state index contributed by atoms with van der Waals surface area (Å²) in [5, 5.41) is 5.32. The van der Waals surface area contributed by atoms with Gasteiger partial charge in [0, 0.05) is 38.6 Å². The average Bonchev–Trinajstić information content (AvgIpc) is 3.62. The number of halogens is 3. The van der Waals surface area contributed by atoms with Crippen molar-refractivity contribution in [2.24, 2.45) is 0 Å². The van der Waals surface area contributed by atoms with Gasteiger partial charge in [-0.25, -0.2) is 13.6 Å². The van der Waals surface area contributed by atoms with E-state index < -0.39 is 17.7 Å². The predicted octanol–water partition coefficient (Wildman–Crippen LogP) is 8.52. The summed E-state index contributed by atoms with van der Waals surface area (Å²) in [4.78, 5) is 30.7. The Bertz CT molecular complexity index is 1750. The molecule has 0 radical (unpaired) electrons. The zero-order valence-electron chi connectivity index (χ0n) is 33.5. The van der Waals surface area contributed by atoms with Crippen LogP contribution in [0.2, 0.25) is 5.02 Å². The number of aromatic nitrogens is 1. The number of ether oxygens (including phenoxy) is 5. The molecule has 1 aliphatic rings. The number of thiophene rings is 1. The van der Waals surface area contributed by atoms with Crippen LogP contribution in [0.4, 0.5) is 13.6 Å². The van der Waals surface area contributed by atoms with Crippen molar-refractivity contribution in [1.82, 2.24) is 20.5 Å². The molecule has 1 fully saturated rings. The number of carbonyl (C=O) groups excluding carboxylic acids is 2. The Morgan fingerprint density at radius 2 is 1.44 bits per heavy atom. The number of carbonyl (C=O) groups is 2. The maximum atomic E-state index is 14.4. The van der Waals surface area contributed by atoms with Crippen molar-refractivity contribution in [2.45, 2.75) is 58.5 Å². The molecule has 1 aliphatic carbocycles. The maximum Gasteiger partial charge on any atom is 0.406 e. The second kappa shape index (κ2) is 27.8. The van der Waals surface area contributed by atoms with E-state index in [9.17, 15) is 18.4 Å².